The van der Waals surface area contributed by atoms with Crippen LogP contribution in [-0.4, -0.2) is 51.9 Å². The Bertz CT molecular complexity index is 1130. The summed E-state index contributed by atoms with van der Waals surface area (Å²) in [6.45, 7) is 4.86. The number of hydrogen-bond acceptors (Lipinski definition) is 6. The highest BCUT2D eigenvalue weighted by molar-refractivity contribution is 5.96. The van der Waals surface area contributed by atoms with Crippen molar-refractivity contribution in [3.05, 3.63) is 53.5 Å². The van der Waals surface area contributed by atoms with Crippen LogP contribution in [0.25, 0.3) is 11.0 Å². The molecule has 7 nitrogen and oxygen atoms in total. The van der Waals surface area contributed by atoms with Gasteiger partial charge in [0.2, 0.25) is 5.91 Å². The molecule has 1 amide bonds. The van der Waals surface area contributed by atoms with Gasteiger partial charge in [-0.1, -0.05) is 18.2 Å². The van der Waals surface area contributed by atoms with Crippen LogP contribution in [0.5, 0.6) is 0 Å². The number of rotatable bonds is 3. The number of aryl methyl sites for hydroxylation is 2. The van der Waals surface area contributed by atoms with Crippen LogP contribution in [0.15, 0.2) is 36.4 Å². The van der Waals surface area contributed by atoms with E-state index in [1.807, 2.05) is 30.0 Å². The molecule has 2 aromatic heterocycles. The van der Waals surface area contributed by atoms with Crippen LogP contribution in [0.1, 0.15) is 42.3 Å². The van der Waals surface area contributed by atoms with Crippen molar-refractivity contribution in [2.75, 3.05) is 36.8 Å². The number of carbonyl (C=O) groups is 1. The first-order valence-corrected chi connectivity index (χ1v) is 11.1. The van der Waals surface area contributed by atoms with Crippen LogP contribution in [0, 0.1) is 6.92 Å². The van der Waals surface area contributed by atoms with Gasteiger partial charge in [-0.3, -0.25) is 9.69 Å². The molecule has 160 valence electrons. The molecule has 1 fully saturated rings. The van der Waals surface area contributed by atoms with Crippen molar-refractivity contribution >= 4 is 28.4 Å². The number of carbonyl (C=O) groups excluding carboxylic acids is 1. The third kappa shape index (κ3) is 3.97. The minimum Gasteiger partial charge on any atom is -0.383 e. The predicted molar refractivity (Wildman–Crippen MR) is 122 cm³/mol. The topological polar surface area (TPSA) is 88.2 Å². The van der Waals surface area contributed by atoms with Crippen molar-refractivity contribution in [2.24, 2.45) is 0 Å². The van der Waals surface area contributed by atoms with E-state index in [0.717, 1.165) is 62.1 Å². The second kappa shape index (κ2) is 8.23. The summed E-state index contributed by atoms with van der Waals surface area (Å²) in [7, 11) is 0. The fraction of sp³-hybridized carbons (Fsp3) is 0.417. The summed E-state index contributed by atoms with van der Waals surface area (Å²) in [5.41, 5.74) is 10.1. The average Bonchev–Trinajstić information content (AvgIpc) is 2.78. The molecule has 2 N–H and O–H groups in total. The number of anilines is 2. The van der Waals surface area contributed by atoms with Crippen molar-refractivity contribution in [1.29, 1.82) is 0 Å². The van der Waals surface area contributed by atoms with Crippen molar-refractivity contribution in [3.8, 4) is 0 Å². The molecule has 2 aliphatic rings. The number of amides is 1. The largest absolute Gasteiger partial charge is 0.383 e. The first-order valence-electron chi connectivity index (χ1n) is 11.1. The fourth-order valence-electron chi connectivity index (χ4n) is 4.90. The Morgan fingerprint density at radius 1 is 1.10 bits per heavy atom. The molecule has 4 heterocycles. The van der Waals surface area contributed by atoms with E-state index < -0.39 is 0 Å². The summed E-state index contributed by atoms with van der Waals surface area (Å²) in [6, 6.07) is 12.3. The monoisotopic (exact) mass is 416 g/mol. The number of fused-ring (bicyclic) bond motifs is 2. The van der Waals surface area contributed by atoms with Crippen molar-refractivity contribution < 1.29 is 4.79 Å². The zero-order valence-electron chi connectivity index (χ0n) is 17.9. The van der Waals surface area contributed by atoms with Gasteiger partial charge in [-0.05, 0) is 62.9 Å². The molecular weight excluding hydrogens is 388 g/mol. The standard InChI is InChI=1S/C24H28N6O/c1-16-26-23(25)19-10-11-20(28-24(19)27-16)18-8-4-12-29(14-18)15-22(31)30-13-5-7-17-6-2-3-9-21(17)30/h2-3,6,9-11,18H,4-5,7-8,12-15H2,1H3,(H2,25,26,27,28)/t18-/m0/s1. The van der Waals surface area contributed by atoms with Crippen LogP contribution in [-0.2, 0) is 11.2 Å². The van der Waals surface area contributed by atoms with Gasteiger partial charge in [-0.25, -0.2) is 15.0 Å². The van der Waals surface area contributed by atoms with Crippen molar-refractivity contribution in [3.63, 3.8) is 0 Å². The normalized spacial score (nSPS) is 19.4. The quantitative estimate of drug-likeness (QED) is 0.706. The maximum absolute atomic E-state index is 13.2. The summed E-state index contributed by atoms with van der Waals surface area (Å²) < 4.78 is 0. The third-order valence-electron chi connectivity index (χ3n) is 6.42. The number of benzene rings is 1. The number of nitrogens with two attached hydrogens (primary N) is 1. The van der Waals surface area contributed by atoms with E-state index in [2.05, 4.69) is 33.1 Å². The molecule has 2 aliphatic heterocycles. The number of aromatic nitrogens is 3. The molecule has 0 radical (unpaired) electrons. The average molecular weight is 417 g/mol. The second-order valence-corrected chi connectivity index (χ2v) is 8.62. The van der Waals surface area contributed by atoms with Crippen LogP contribution in [0.2, 0.25) is 0 Å². The van der Waals surface area contributed by atoms with Crippen molar-refractivity contribution in [1.82, 2.24) is 19.9 Å². The molecule has 31 heavy (non-hydrogen) atoms. The molecule has 0 saturated carbocycles. The van der Waals surface area contributed by atoms with Gasteiger partial charge in [-0.2, -0.15) is 0 Å². The predicted octanol–water partition coefficient (Wildman–Crippen LogP) is 3.07. The van der Waals surface area contributed by atoms with Gasteiger partial charge in [0, 0.05) is 30.4 Å². The summed E-state index contributed by atoms with van der Waals surface area (Å²) >= 11 is 0. The SMILES string of the molecule is Cc1nc(N)c2ccc([C@H]3CCCN(CC(=O)N4CCCc5ccccc54)C3)nc2n1. The highest BCUT2D eigenvalue weighted by Crippen LogP contribution is 2.29. The van der Waals surface area contributed by atoms with Gasteiger partial charge in [0.25, 0.3) is 0 Å². The molecule has 1 atom stereocenters. The lowest BCUT2D eigenvalue weighted by Crippen LogP contribution is -2.45. The van der Waals surface area contributed by atoms with Crippen LogP contribution >= 0.6 is 0 Å². The van der Waals surface area contributed by atoms with E-state index in [-0.39, 0.29) is 11.8 Å². The lowest BCUT2D eigenvalue weighted by atomic mass is 9.94. The molecule has 5 rings (SSSR count). The van der Waals surface area contributed by atoms with E-state index in [1.165, 1.54) is 5.56 Å². The van der Waals surface area contributed by atoms with Gasteiger partial charge in [-0.15, -0.1) is 0 Å². The smallest absolute Gasteiger partial charge is 0.241 e. The zero-order valence-corrected chi connectivity index (χ0v) is 17.9. The minimum atomic E-state index is 0.190. The van der Waals surface area contributed by atoms with Crippen LogP contribution in [0.3, 0.4) is 0 Å². The first-order chi connectivity index (χ1) is 15.1. The Morgan fingerprint density at radius 3 is 2.87 bits per heavy atom. The number of hydrogen-bond donors (Lipinski definition) is 1. The van der Waals surface area contributed by atoms with Gasteiger partial charge in [0.15, 0.2) is 5.65 Å². The Hall–Kier alpha value is -3.06. The Kier molecular flexibility index (Phi) is 5.28. The molecule has 1 aromatic carbocycles. The van der Waals surface area contributed by atoms with Gasteiger partial charge in [0.05, 0.1) is 11.9 Å². The first kappa shape index (κ1) is 19.9. The van der Waals surface area contributed by atoms with E-state index in [4.69, 9.17) is 10.7 Å². The number of nitrogens with zero attached hydrogens (tertiary/aromatic N) is 5. The lowest BCUT2D eigenvalue weighted by molar-refractivity contribution is -0.120. The molecule has 0 aliphatic carbocycles. The summed E-state index contributed by atoms with van der Waals surface area (Å²) in [5.74, 6) is 1.58. The van der Waals surface area contributed by atoms with E-state index >= 15 is 0 Å². The minimum absolute atomic E-state index is 0.190. The summed E-state index contributed by atoms with van der Waals surface area (Å²) in [4.78, 5) is 30.9. The van der Waals surface area contributed by atoms with Gasteiger partial charge < -0.3 is 10.6 Å². The maximum atomic E-state index is 13.2. The number of piperidine rings is 1. The van der Waals surface area contributed by atoms with Crippen LogP contribution < -0.4 is 10.6 Å². The highest BCUT2D eigenvalue weighted by atomic mass is 16.2. The highest BCUT2D eigenvalue weighted by Gasteiger charge is 2.28. The Labute approximate surface area is 182 Å². The fourth-order valence-corrected chi connectivity index (χ4v) is 4.90. The van der Waals surface area contributed by atoms with E-state index in [9.17, 15) is 4.79 Å². The molecule has 0 unspecified atom stereocenters. The van der Waals surface area contributed by atoms with Gasteiger partial charge >= 0.3 is 0 Å². The molecular formula is C24H28N6O. The second-order valence-electron chi connectivity index (χ2n) is 8.62. The van der Waals surface area contributed by atoms with Gasteiger partial charge in [0.1, 0.15) is 11.6 Å². The molecule has 0 bridgehead atoms. The summed E-state index contributed by atoms with van der Waals surface area (Å²) in [6.07, 6.45) is 4.19. The molecule has 0 spiro atoms. The number of nitrogen functional groups attached to an aromatic ring is 1. The lowest BCUT2D eigenvalue weighted by Gasteiger charge is -2.35. The number of pyridine rings is 1. The van der Waals surface area contributed by atoms with E-state index in [0.29, 0.717) is 23.8 Å². The summed E-state index contributed by atoms with van der Waals surface area (Å²) in [5, 5.41) is 0.793. The maximum Gasteiger partial charge on any atom is 0.241 e. The molecule has 1 saturated heterocycles. The molecule has 3 aromatic rings. The Balaban J connectivity index is 1.31. The molecule has 7 heteroatoms. The van der Waals surface area contributed by atoms with E-state index in [1.54, 1.807) is 0 Å². The van der Waals surface area contributed by atoms with Crippen LogP contribution in [0.4, 0.5) is 11.5 Å². The third-order valence-corrected chi connectivity index (χ3v) is 6.42. The van der Waals surface area contributed by atoms with Crippen molar-refractivity contribution in [2.45, 2.75) is 38.5 Å². The number of likely N-dealkylation sites (tertiary alicyclic amines) is 1. The number of para-hydroxylation sites is 1. The zero-order chi connectivity index (χ0) is 21.4. The Morgan fingerprint density at radius 2 is 1.97 bits per heavy atom.